The molecule has 2 heterocycles. The number of hydrogen-bond donors (Lipinski definition) is 1. The molecule has 4 rings (SSSR count). The standard InChI is InChI=1S/C29H35N5O5/c1-21(2)25-15-23(26(16-27(25)39-20-36-3)38-19-22-7-5-4-6-8-22)17-32-34(29(30)35)24-9-10-28(31-18-24)33-11-13-37-14-12-33/h4-10,15-18,21H,11-14,19-20H2,1-3H3,(H2,30,35)/b32-17+. The Hall–Kier alpha value is -4.15. The van der Waals surface area contributed by atoms with E-state index >= 15 is 0 Å². The smallest absolute Gasteiger partial charge is 0.340 e. The van der Waals surface area contributed by atoms with E-state index in [0.717, 1.165) is 35.0 Å². The largest absolute Gasteiger partial charge is 0.488 e. The number of ether oxygens (including phenoxy) is 4. The van der Waals surface area contributed by atoms with Crippen molar-refractivity contribution in [2.75, 3.05) is 50.1 Å². The molecule has 0 unspecified atom stereocenters. The zero-order valence-corrected chi connectivity index (χ0v) is 22.6. The zero-order chi connectivity index (χ0) is 27.6. The van der Waals surface area contributed by atoms with Gasteiger partial charge in [-0.1, -0.05) is 44.2 Å². The van der Waals surface area contributed by atoms with Gasteiger partial charge in [0.2, 0.25) is 0 Å². The quantitative estimate of drug-likeness (QED) is 0.219. The van der Waals surface area contributed by atoms with Crippen LogP contribution in [0.4, 0.5) is 16.3 Å². The number of nitrogens with zero attached hydrogens (tertiary/aromatic N) is 4. The molecule has 0 radical (unpaired) electrons. The third-order valence-electron chi connectivity index (χ3n) is 6.17. The number of urea groups is 1. The van der Waals surface area contributed by atoms with Crippen LogP contribution in [0.15, 0.2) is 65.9 Å². The van der Waals surface area contributed by atoms with E-state index in [-0.39, 0.29) is 12.7 Å². The molecule has 1 aromatic heterocycles. The normalized spacial score (nSPS) is 13.6. The highest BCUT2D eigenvalue weighted by Crippen LogP contribution is 2.34. The van der Waals surface area contributed by atoms with Crippen molar-refractivity contribution >= 4 is 23.8 Å². The summed E-state index contributed by atoms with van der Waals surface area (Å²) in [5, 5.41) is 5.54. The summed E-state index contributed by atoms with van der Waals surface area (Å²) in [4.78, 5) is 19.0. The summed E-state index contributed by atoms with van der Waals surface area (Å²) in [7, 11) is 1.57. The number of nitrogens with two attached hydrogens (primary N) is 1. The molecular weight excluding hydrogens is 498 g/mol. The fraction of sp³-hybridized carbons (Fsp3) is 0.345. The third-order valence-corrected chi connectivity index (χ3v) is 6.17. The Morgan fingerprint density at radius 3 is 2.54 bits per heavy atom. The number of benzene rings is 2. The molecular formula is C29H35N5O5. The van der Waals surface area contributed by atoms with Gasteiger partial charge >= 0.3 is 6.03 Å². The molecule has 10 heteroatoms. The molecule has 1 fully saturated rings. The maximum Gasteiger partial charge on any atom is 0.340 e. The Morgan fingerprint density at radius 1 is 1.13 bits per heavy atom. The fourth-order valence-corrected chi connectivity index (χ4v) is 4.11. The van der Waals surface area contributed by atoms with Gasteiger partial charge in [-0.15, -0.1) is 0 Å². The highest BCUT2D eigenvalue weighted by molar-refractivity contribution is 5.94. The van der Waals surface area contributed by atoms with Crippen LogP contribution in [0.2, 0.25) is 0 Å². The Kier molecular flexibility index (Phi) is 9.71. The SMILES string of the molecule is COCOc1cc(OCc2ccccc2)c(/C=N/N(C(N)=O)c2ccc(N3CCOCC3)nc2)cc1C(C)C. The molecule has 0 atom stereocenters. The number of hydrazone groups is 1. The van der Waals surface area contributed by atoms with Crippen LogP contribution in [-0.4, -0.2) is 57.4 Å². The fourth-order valence-electron chi connectivity index (χ4n) is 4.11. The highest BCUT2D eigenvalue weighted by Gasteiger charge is 2.18. The maximum absolute atomic E-state index is 12.4. The lowest BCUT2D eigenvalue weighted by atomic mass is 9.99. The number of aromatic nitrogens is 1. The summed E-state index contributed by atoms with van der Waals surface area (Å²) in [6.07, 6.45) is 3.15. The first-order valence-corrected chi connectivity index (χ1v) is 12.8. The van der Waals surface area contributed by atoms with Crippen molar-refractivity contribution in [2.45, 2.75) is 26.4 Å². The lowest BCUT2D eigenvalue weighted by molar-refractivity contribution is 0.0500. The Labute approximate surface area is 228 Å². The Balaban J connectivity index is 1.63. The molecule has 2 aromatic carbocycles. The van der Waals surface area contributed by atoms with Crippen molar-refractivity contribution < 1.29 is 23.7 Å². The van der Waals surface area contributed by atoms with Gasteiger partial charge in [0.1, 0.15) is 23.9 Å². The van der Waals surface area contributed by atoms with Crippen LogP contribution in [0.3, 0.4) is 0 Å². The van der Waals surface area contributed by atoms with Crippen molar-refractivity contribution in [3.8, 4) is 11.5 Å². The number of carbonyl (C=O) groups is 1. The minimum absolute atomic E-state index is 0.105. The summed E-state index contributed by atoms with van der Waals surface area (Å²) < 4.78 is 22.6. The molecule has 39 heavy (non-hydrogen) atoms. The molecule has 3 aromatic rings. The number of anilines is 2. The number of amides is 2. The molecule has 206 valence electrons. The van der Waals surface area contributed by atoms with E-state index in [1.165, 1.54) is 0 Å². The minimum atomic E-state index is -0.733. The second-order valence-electron chi connectivity index (χ2n) is 9.28. The molecule has 0 aliphatic carbocycles. The van der Waals surface area contributed by atoms with Crippen molar-refractivity contribution in [1.29, 1.82) is 0 Å². The monoisotopic (exact) mass is 533 g/mol. The minimum Gasteiger partial charge on any atom is -0.488 e. The van der Waals surface area contributed by atoms with Crippen molar-refractivity contribution in [2.24, 2.45) is 10.8 Å². The van der Waals surface area contributed by atoms with E-state index in [1.807, 2.05) is 48.5 Å². The lowest BCUT2D eigenvalue weighted by Gasteiger charge is -2.28. The average molecular weight is 534 g/mol. The number of rotatable bonds is 11. The molecule has 2 amide bonds. The zero-order valence-electron chi connectivity index (χ0n) is 22.6. The predicted molar refractivity (Wildman–Crippen MR) is 151 cm³/mol. The summed E-state index contributed by atoms with van der Waals surface area (Å²) in [5.41, 5.74) is 8.78. The van der Waals surface area contributed by atoms with Crippen LogP contribution < -0.4 is 25.1 Å². The van der Waals surface area contributed by atoms with Gasteiger partial charge in [-0.2, -0.15) is 10.1 Å². The molecule has 1 aliphatic heterocycles. The van der Waals surface area contributed by atoms with E-state index < -0.39 is 6.03 Å². The first-order valence-electron chi connectivity index (χ1n) is 12.8. The lowest BCUT2D eigenvalue weighted by Crippen LogP contribution is -2.37. The molecule has 0 bridgehead atoms. The van der Waals surface area contributed by atoms with Crippen LogP contribution in [0.25, 0.3) is 0 Å². The van der Waals surface area contributed by atoms with Gasteiger partial charge < -0.3 is 29.6 Å². The summed E-state index contributed by atoms with van der Waals surface area (Å²) >= 11 is 0. The van der Waals surface area contributed by atoms with E-state index in [1.54, 1.807) is 25.6 Å². The maximum atomic E-state index is 12.4. The van der Waals surface area contributed by atoms with E-state index in [2.05, 4.69) is 28.8 Å². The van der Waals surface area contributed by atoms with Crippen LogP contribution in [0, 0.1) is 0 Å². The van der Waals surface area contributed by atoms with Crippen molar-refractivity contribution in [1.82, 2.24) is 4.98 Å². The molecule has 2 N–H and O–H groups in total. The third kappa shape index (κ3) is 7.46. The van der Waals surface area contributed by atoms with Gasteiger partial charge in [0, 0.05) is 31.8 Å². The van der Waals surface area contributed by atoms with Crippen molar-refractivity contribution in [3.05, 3.63) is 77.5 Å². The van der Waals surface area contributed by atoms with Gasteiger partial charge in [0.05, 0.1) is 31.3 Å². The second kappa shape index (κ2) is 13.6. The Morgan fingerprint density at radius 2 is 1.90 bits per heavy atom. The molecule has 0 saturated carbocycles. The number of primary amides is 1. The molecule has 0 spiro atoms. The molecule has 10 nitrogen and oxygen atoms in total. The van der Waals surface area contributed by atoms with E-state index in [9.17, 15) is 4.79 Å². The van der Waals surface area contributed by atoms with Gasteiger partial charge in [0.25, 0.3) is 0 Å². The van der Waals surface area contributed by atoms with Crippen LogP contribution in [-0.2, 0) is 16.1 Å². The Bertz CT molecular complexity index is 1240. The average Bonchev–Trinajstić information content (AvgIpc) is 2.96. The second-order valence-corrected chi connectivity index (χ2v) is 9.28. The molecule has 1 saturated heterocycles. The highest BCUT2D eigenvalue weighted by atomic mass is 16.7. The summed E-state index contributed by atoms with van der Waals surface area (Å²) in [6, 6.07) is 16.5. The number of hydrogen-bond acceptors (Lipinski definition) is 8. The number of methoxy groups -OCH3 is 1. The number of pyridine rings is 1. The predicted octanol–water partition coefficient (Wildman–Crippen LogP) is 4.52. The molecule has 1 aliphatic rings. The summed E-state index contributed by atoms with van der Waals surface area (Å²) in [6.45, 7) is 7.42. The van der Waals surface area contributed by atoms with Crippen molar-refractivity contribution in [3.63, 3.8) is 0 Å². The topological polar surface area (TPSA) is 112 Å². The first kappa shape index (κ1) is 27.9. The van der Waals surface area contributed by atoms with Gasteiger partial charge in [-0.25, -0.2) is 9.78 Å². The van der Waals surface area contributed by atoms with Gasteiger partial charge in [-0.05, 0) is 35.2 Å². The van der Waals surface area contributed by atoms with Gasteiger partial charge in [0.15, 0.2) is 6.79 Å². The van der Waals surface area contributed by atoms with Crippen LogP contribution >= 0.6 is 0 Å². The van der Waals surface area contributed by atoms with Crippen LogP contribution in [0.5, 0.6) is 11.5 Å². The number of carbonyl (C=O) groups excluding carboxylic acids is 1. The first-order chi connectivity index (χ1) is 19.0. The van der Waals surface area contributed by atoms with E-state index in [0.29, 0.717) is 42.6 Å². The van der Waals surface area contributed by atoms with Crippen LogP contribution in [0.1, 0.15) is 36.5 Å². The summed E-state index contributed by atoms with van der Waals surface area (Å²) in [5.74, 6) is 2.15. The number of morpholine rings is 1. The van der Waals surface area contributed by atoms with E-state index in [4.69, 9.17) is 24.7 Å². The van der Waals surface area contributed by atoms with Gasteiger partial charge in [-0.3, -0.25) is 0 Å².